The zero-order chi connectivity index (χ0) is 9.14. The Morgan fingerprint density at radius 1 is 1.67 bits per heavy atom. The average Bonchev–Trinajstić information content (AvgIpc) is 2.04. The predicted molar refractivity (Wildman–Crippen MR) is 45.6 cm³/mol. The van der Waals surface area contributed by atoms with E-state index >= 15 is 0 Å². The summed E-state index contributed by atoms with van der Waals surface area (Å²) >= 11 is 0. The van der Waals surface area contributed by atoms with Crippen LogP contribution in [0.4, 0.5) is 0 Å². The molecule has 0 bridgehead atoms. The summed E-state index contributed by atoms with van der Waals surface area (Å²) in [5.74, 6) is -0.744. The van der Waals surface area contributed by atoms with Crippen LogP contribution in [0.15, 0.2) is 0 Å². The van der Waals surface area contributed by atoms with Gasteiger partial charge in [-0.25, -0.2) is 0 Å². The Morgan fingerprint density at radius 3 is 2.75 bits per heavy atom. The summed E-state index contributed by atoms with van der Waals surface area (Å²) in [6, 6.07) is -0.362. The van der Waals surface area contributed by atoms with Crippen LogP contribution in [-0.2, 0) is 4.79 Å². The number of hydrogen-bond acceptors (Lipinski definition) is 3. The van der Waals surface area contributed by atoms with E-state index in [2.05, 4.69) is 0 Å². The third-order valence-corrected chi connectivity index (χ3v) is 2.35. The first-order valence-electron chi connectivity index (χ1n) is 4.37. The third kappa shape index (κ3) is 1.95. The van der Waals surface area contributed by atoms with E-state index in [1.807, 2.05) is 11.8 Å². The van der Waals surface area contributed by atoms with Gasteiger partial charge in [0.05, 0.1) is 6.17 Å². The normalized spacial score (nSPS) is 28.3. The van der Waals surface area contributed by atoms with Gasteiger partial charge in [0, 0.05) is 6.54 Å². The molecule has 0 radical (unpaired) electrons. The number of piperidine rings is 1. The first-order valence-corrected chi connectivity index (χ1v) is 4.37. The number of rotatable bonds is 2. The minimum atomic E-state index is -0.744. The van der Waals surface area contributed by atoms with Crippen molar-refractivity contribution in [1.29, 1.82) is 0 Å². The molecule has 0 aromatic heterocycles. The quantitative estimate of drug-likeness (QED) is 0.625. The minimum absolute atomic E-state index is 0.147. The van der Waals surface area contributed by atoms with Gasteiger partial charge < -0.3 is 10.8 Å². The number of nitrogens with zero attached hydrogens (tertiary/aromatic N) is 1. The molecule has 70 valence electrons. The molecule has 1 saturated heterocycles. The van der Waals surface area contributed by atoms with Gasteiger partial charge in [-0.2, -0.15) is 0 Å². The van der Waals surface area contributed by atoms with Gasteiger partial charge >= 0.3 is 5.97 Å². The van der Waals surface area contributed by atoms with Crippen LogP contribution in [0, 0.1) is 0 Å². The maximum atomic E-state index is 10.8. The highest BCUT2D eigenvalue weighted by Gasteiger charge is 2.29. The van der Waals surface area contributed by atoms with E-state index in [9.17, 15) is 4.79 Å². The van der Waals surface area contributed by atoms with Gasteiger partial charge in [0.2, 0.25) is 0 Å². The smallest absolute Gasteiger partial charge is 0.320 e. The van der Waals surface area contributed by atoms with Crippen LogP contribution in [-0.4, -0.2) is 34.7 Å². The molecule has 0 aliphatic carbocycles. The summed E-state index contributed by atoms with van der Waals surface area (Å²) < 4.78 is 0. The summed E-state index contributed by atoms with van der Waals surface area (Å²) in [7, 11) is 0. The van der Waals surface area contributed by atoms with Crippen molar-refractivity contribution in [1.82, 2.24) is 4.90 Å². The Labute approximate surface area is 72.3 Å². The molecule has 1 rings (SSSR count). The molecular formula is C8H16N2O2. The second-order valence-electron chi connectivity index (χ2n) is 3.33. The highest BCUT2D eigenvalue weighted by atomic mass is 16.4. The van der Waals surface area contributed by atoms with Crippen LogP contribution in [0.2, 0.25) is 0 Å². The second kappa shape index (κ2) is 3.87. The Kier molecular flexibility index (Phi) is 3.05. The van der Waals surface area contributed by atoms with Crippen molar-refractivity contribution < 1.29 is 9.90 Å². The van der Waals surface area contributed by atoms with Crippen molar-refractivity contribution in [2.75, 3.05) is 6.54 Å². The number of hydrogen-bond donors (Lipinski definition) is 2. The Balaban J connectivity index is 2.60. The molecule has 1 fully saturated rings. The van der Waals surface area contributed by atoms with Gasteiger partial charge in [0.1, 0.15) is 6.04 Å². The zero-order valence-electron chi connectivity index (χ0n) is 7.36. The fraction of sp³-hybridized carbons (Fsp3) is 0.875. The van der Waals surface area contributed by atoms with E-state index < -0.39 is 5.97 Å². The van der Waals surface area contributed by atoms with E-state index in [-0.39, 0.29) is 12.2 Å². The Hall–Kier alpha value is -0.610. The van der Waals surface area contributed by atoms with Crippen LogP contribution >= 0.6 is 0 Å². The predicted octanol–water partition coefficient (Wildman–Crippen LogP) is 0.230. The number of likely N-dealkylation sites (tertiary alicyclic amines) is 1. The van der Waals surface area contributed by atoms with E-state index in [0.29, 0.717) is 0 Å². The van der Waals surface area contributed by atoms with E-state index in [4.69, 9.17) is 10.8 Å². The molecule has 2 atom stereocenters. The van der Waals surface area contributed by atoms with Crippen LogP contribution in [0.5, 0.6) is 0 Å². The molecule has 4 nitrogen and oxygen atoms in total. The summed E-state index contributed by atoms with van der Waals surface area (Å²) in [4.78, 5) is 12.6. The molecule has 0 amide bonds. The van der Waals surface area contributed by atoms with Crippen molar-refractivity contribution in [3.8, 4) is 0 Å². The van der Waals surface area contributed by atoms with E-state index in [1.54, 1.807) is 0 Å². The van der Waals surface area contributed by atoms with Gasteiger partial charge in [0.15, 0.2) is 0 Å². The summed E-state index contributed by atoms with van der Waals surface area (Å²) in [5, 5.41) is 8.86. The molecule has 3 N–H and O–H groups in total. The number of carbonyl (C=O) groups is 1. The molecule has 2 unspecified atom stereocenters. The van der Waals surface area contributed by atoms with Crippen molar-refractivity contribution in [3.63, 3.8) is 0 Å². The largest absolute Gasteiger partial charge is 0.480 e. The van der Waals surface area contributed by atoms with E-state index in [0.717, 1.165) is 25.8 Å². The highest BCUT2D eigenvalue weighted by molar-refractivity contribution is 5.73. The van der Waals surface area contributed by atoms with Crippen molar-refractivity contribution in [2.45, 2.75) is 38.4 Å². The maximum absolute atomic E-state index is 10.8. The van der Waals surface area contributed by atoms with Crippen LogP contribution in [0.3, 0.4) is 0 Å². The summed E-state index contributed by atoms with van der Waals surface area (Å²) in [5.41, 5.74) is 5.66. The summed E-state index contributed by atoms with van der Waals surface area (Å²) in [6.07, 6.45) is 2.65. The lowest BCUT2D eigenvalue weighted by molar-refractivity contribution is -0.145. The Bertz CT molecular complexity index is 170. The van der Waals surface area contributed by atoms with Gasteiger partial charge in [-0.05, 0) is 19.8 Å². The molecule has 1 heterocycles. The molecule has 4 heteroatoms. The fourth-order valence-electron chi connectivity index (χ4n) is 1.71. The van der Waals surface area contributed by atoms with Gasteiger partial charge in [0.25, 0.3) is 0 Å². The molecule has 1 aliphatic heterocycles. The van der Waals surface area contributed by atoms with E-state index in [1.165, 1.54) is 0 Å². The molecular weight excluding hydrogens is 156 g/mol. The van der Waals surface area contributed by atoms with Gasteiger partial charge in [-0.1, -0.05) is 6.42 Å². The molecule has 0 aromatic rings. The number of nitrogens with two attached hydrogens (primary N) is 1. The fourth-order valence-corrected chi connectivity index (χ4v) is 1.71. The highest BCUT2D eigenvalue weighted by Crippen LogP contribution is 2.17. The lowest BCUT2D eigenvalue weighted by atomic mass is 10.0. The Morgan fingerprint density at radius 2 is 2.33 bits per heavy atom. The average molecular weight is 172 g/mol. The van der Waals surface area contributed by atoms with Crippen molar-refractivity contribution in [3.05, 3.63) is 0 Å². The van der Waals surface area contributed by atoms with Gasteiger partial charge in [-0.3, -0.25) is 9.69 Å². The second-order valence-corrected chi connectivity index (χ2v) is 3.33. The standard InChI is InChI=1S/C8H16N2O2/c1-6(9)10-5-3-2-4-7(10)8(11)12/h6-7H,2-5,9H2,1H3,(H,11,12). The molecule has 12 heavy (non-hydrogen) atoms. The first-order chi connectivity index (χ1) is 5.63. The zero-order valence-corrected chi connectivity index (χ0v) is 7.36. The summed E-state index contributed by atoms with van der Waals surface area (Å²) in [6.45, 7) is 2.65. The molecule has 1 aliphatic rings. The first kappa shape index (κ1) is 9.48. The molecule has 0 aromatic carbocycles. The van der Waals surface area contributed by atoms with Crippen LogP contribution < -0.4 is 5.73 Å². The lowest BCUT2D eigenvalue weighted by Gasteiger charge is -2.35. The minimum Gasteiger partial charge on any atom is -0.480 e. The monoisotopic (exact) mass is 172 g/mol. The number of aliphatic carboxylic acids is 1. The molecule has 0 saturated carbocycles. The van der Waals surface area contributed by atoms with Crippen molar-refractivity contribution in [2.24, 2.45) is 5.73 Å². The maximum Gasteiger partial charge on any atom is 0.320 e. The number of carboxylic acid groups (broad SMARTS) is 1. The topological polar surface area (TPSA) is 66.6 Å². The van der Waals surface area contributed by atoms with Crippen LogP contribution in [0.25, 0.3) is 0 Å². The molecule has 0 spiro atoms. The van der Waals surface area contributed by atoms with Gasteiger partial charge in [-0.15, -0.1) is 0 Å². The number of carboxylic acids is 1. The SMILES string of the molecule is CC(N)N1CCCCC1C(=O)O. The lowest BCUT2D eigenvalue weighted by Crippen LogP contribution is -2.52. The van der Waals surface area contributed by atoms with Crippen LogP contribution in [0.1, 0.15) is 26.2 Å². The van der Waals surface area contributed by atoms with Crippen molar-refractivity contribution >= 4 is 5.97 Å². The third-order valence-electron chi connectivity index (χ3n) is 2.35.